The molecule has 2 unspecified atom stereocenters. The first kappa shape index (κ1) is 7.06. The summed E-state index contributed by atoms with van der Waals surface area (Å²) in [5.74, 6) is 0.367. The van der Waals surface area contributed by atoms with Crippen molar-refractivity contribution in [3.05, 3.63) is 0 Å². The van der Waals surface area contributed by atoms with Crippen LogP contribution in [0.4, 0.5) is 0 Å². The second kappa shape index (κ2) is 2.19. The third-order valence-corrected chi connectivity index (χ3v) is 2.58. The number of carbonyl (C=O) groups excluding carboxylic acids is 1. The van der Waals surface area contributed by atoms with Crippen molar-refractivity contribution in [2.75, 3.05) is 13.7 Å². The van der Waals surface area contributed by atoms with Gasteiger partial charge in [-0.25, -0.2) is 10.2 Å². The number of nitrogens with one attached hydrogen (secondary N) is 2. The zero-order valence-electron chi connectivity index (χ0n) is 6.52. The highest BCUT2D eigenvalue weighted by molar-refractivity contribution is 5.85. The van der Waals surface area contributed by atoms with E-state index in [1.54, 1.807) is 0 Å². The number of hydrogen-bond donors (Lipinski definition) is 2. The average Bonchev–Trinajstić information content (AvgIpc) is 2.78. The SMILES string of the molecule is COC(=O)C12CC1CCNN2. The fraction of sp³-hybridized carbons (Fsp3) is 0.857. The number of esters is 1. The smallest absolute Gasteiger partial charge is 0.327 e. The molecule has 1 aliphatic carbocycles. The van der Waals surface area contributed by atoms with Crippen LogP contribution in [-0.2, 0) is 9.53 Å². The van der Waals surface area contributed by atoms with Crippen molar-refractivity contribution in [3.63, 3.8) is 0 Å². The van der Waals surface area contributed by atoms with E-state index in [0.717, 1.165) is 19.4 Å². The van der Waals surface area contributed by atoms with Gasteiger partial charge in [-0.3, -0.25) is 5.43 Å². The Labute approximate surface area is 65.3 Å². The summed E-state index contributed by atoms with van der Waals surface area (Å²) in [5.41, 5.74) is 5.61. The standard InChI is InChI=1S/C7H12N2O2/c1-11-6(10)7-4-5(7)2-3-8-9-7/h5,8-9H,2-4H2,1H3. The van der Waals surface area contributed by atoms with Crippen molar-refractivity contribution in [2.45, 2.75) is 18.4 Å². The number of carbonyl (C=O) groups is 1. The summed E-state index contributed by atoms with van der Waals surface area (Å²) in [6, 6.07) is 0. The first-order valence-electron chi connectivity index (χ1n) is 3.88. The van der Waals surface area contributed by atoms with Crippen molar-refractivity contribution >= 4 is 5.97 Å². The predicted molar refractivity (Wildman–Crippen MR) is 38.6 cm³/mol. The molecule has 1 aliphatic heterocycles. The highest BCUT2D eigenvalue weighted by Crippen LogP contribution is 2.47. The molecule has 0 radical (unpaired) electrons. The Morgan fingerprint density at radius 2 is 2.55 bits per heavy atom. The minimum atomic E-state index is -0.368. The molecule has 4 heteroatoms. The maximum absolute atomic E-state index is 11.2. The van der Waals surface area contributed by atoms with Gasteiger partial charge in [0.25, 0.3) is 0 Å². The lowest BCUT2D eigenvalue weighted by Crippen LogP contribution is -2.53. The molecular formula is C7H12N2O2. The molecule has 0 amide bonds. The lowest BCUT2D eigenvalue weighted by molar-refractivity contribution is -0.145. The maximum Gasteiger partial charge on any atom is 0.327 e. The molecule has 1 saturated heterocycles. The quantitative estimate of drug-likeness (QED) is 0.498. The van der Waals surface area contributed by atoms with Crippen LogP contribution < -0.4 is 10.9 Å². The molecule has 2 rings (SSSR count). The molecule has 0 bridgehead atoms. The molecule has 2 atom stereocenters. The molecule has 1 heterocycles. The van der Waals surface area contributed by atoms with Crippen LogP contribution in [0.2, 0.25) is 0 Å². The van der Waals surface area contributed by atoms with Gasteiger partial charge in [-0.15, -0.1) is 0 Å². The van der Waals surface area contributed by atoms with Crippen molar-refractivity contribution in [1.29, 1.82) is 0 Å². The second-order valence-electron chi connectivity index (χ2n) is 3.20. The van der Waals surface area contributed by atoms with Crippen LogP contribution in [0.25, 0.3) is 0 Å². The number of hydrogen-bond acceptors (Lipinski definition) is 4. The van der Waals surface area contributed by atoms with E-state index < -0.39 is 0 Å². The Bertz CT molecular complexity index is 195. The molecule has 2 fully saturated rings. The van der Waals surface area contributed by atoms with Crippen LogP contribution in [0.15, 0.2) is 0 Å². The zero-order chi connectivity index (χ0) is 7.90. The summed E-state index contributed by atoms with van der Waals surface area (Å²) < 4.78 is 4.69. The van der Waals surface area contributed by atoms with Crippen LogP contribution in [0.5, 0.6) is 0 Å². The first-order chi connectivity index (χ1) is 5.29. The third kappa shape index (κ3) is 0.862. The van der Waals surface area contributed by atoms with Crippen LogP contribution in [0.1, 0.15) is 12.8 Å². The Kier molecular flexibility index (Phi) is 1.40. The Hall–Kier alpha value is -0.610. The number of fused-ring (bicyclic) bond motifs is 1. The van der Waals surface area contributed by atoms with Gasteiger partial charge >= 0.3 is 5.97 Å². The number of rotatable bonds is 1. The molecule has 0 aromatic carbocycles. The van der Waals surface area contributed by atoms with Gasteiger partial charge in [0.05, 0.1) is 7.11 Å². The van der Waals surface area contributed by atoms with Gasteiger partial charge < -0.3 is 4.74 Å². The molecule has 0 spiro atoms. The first-order valence-corrected chi connectivity index (χ1v) is 3.88. The van der Waals surface area contributed by atoms with E-state index in [4.69, 9.17) is 4.74 Å². The summed E-state index contributed by atoms with van der Waals surface area (Å²) in [7, 11) is 1.43. The van der Waals surface area contributed by atoms with Crippen LogP contribution >= 0.6 is 0 Å². The molecule has 2 N–H and O–H groups in total. The zero-order valence-corrected chi connectivity index (χ0v) is 6.52. The lowest BCUT2D eigenvalue weighted by atomic mass is 10.1. The van der Waals surface area contributed by atoms with Crippen molar-refractivity contribution in [1.82, 2.24) is 10.9 Å². The largest absolute Gasteiger partial charge is 0.468 e. The van der Waals surface area contributed by atoms with E-state index in [0.29, 0.717) is 5.92 Å². The van der Waals surface area contributed by atoms with E-state index in [9.17, 15) is 4.79 Å². The van der Waals surface area contributed by atoms with Crippen LogP contribution in [0.3, 0.4) is 0 Å². The minimum absolute atomic E-state index is 0.130. The van der Waals surface area contributed by atoms with Gasteiger partial charge in [0, 0.05) is 6.54 Å². The average molecular weight is 156 g/mol. The van der Waals surface area contributed by atoms with E-state index in [1.165, 1.54) is 7.11 Å². The molecular weight excluding hydrogens is 144 g/mol. The van der Waals surface area contributed by atoms with E-state index in [-0.39, 0.29) is 11.5 Å². The molecule has 0 aromatic rings. The Morgan fingerprint density at radius 1 is 1.73 bits per heavy atom. The van der Waals surface area contributed by atoms with Gasteiger partial charge in [-0.2, -0.15) is 0 Å². The highest BCUT2D eigenvalue weighted by Gasteiger charge is 2.62. The molecule has 1 saturated carbocycles. The topological polar surface area (TPSA) is 50.4 Å². The number of hydrazine groups is 1. The van der Waals surface area contributed by atoms with Crippen molar-refractivity contribution < 1.29 is 9.53 Å². The van der Waals surface area contributed by atoms with Crippen molar-refractivity contribution in [2.24, 2.45) is 5.92 Å². The molecule has 4 nitrogen and oxygen atoms in total. The van der Waals surface area contributed by atoms with Gasteiger partial charge in [0.2, 0.25) is 0 Å². The molecule has 62 valence electrons. The van der Waals surface area contributed by atoms with E-state index in [2.05, 4.69) is 10.9 Å². The Morgan fingerprint density at radius 3 is 3.18 bits per heavy atom. The molecule has 0 aromatic heterocycles. The summed E-state index contributed by atoms with van der Waals surface area (Å²) in [5, 5.41) is 0. The maximum atomic E-state index is 11.2. The highest BCUT2D eigenvalue weighted by atomic mass is 16.5. The van der Waals surface area contributed by atoms with Gasteiger partial charge in [0.15, 0.2) is 0 Å². The van der Waals surface area contributed by atoms with Crippen LogP contribution in [0, 0.1) is 5.92 Å². The van der Waals surface area contributed by atoms with E-state index >= 15 is 0 Å². The van der Waals surface area contributed by atoms with Gasteiger partial charge in [-0.1, -0.05) is 0 Å². The lowest BCUT2D eigenvalue weighted by Gasteiger charge is -2.21. The summed E-state index contributed by atoms with van der Waals surface area (Å²) in [4.78, 5) is 11.2. The van der Waals surface area contributed by atoms with Gasteiger partial charge in [0.1, 0.15) is 5.54 Å². The monoisotopic (exact) mass is 156 g/mol. The number of methoxy groups -OCH3 is 1. The predicted octanol–water partition coefficient (Wildman–Crippen LogP) is -0.584. The van der Waals surface area contributed by atoms with Crippen molar-refractivity contribution in [3.8, 4) is 0 Å². The fourth-order valence-electron chi connectivity index (χ4n) is 1.78. The normalized spacial score (nSPS) is 41.0. The van der Waals surface area contributed by atoms with Gasteiger partial charge in [-0.05, 0) is 18.8 Å². The minimum Gasteiger partial charge on any atom is -0.468 e. The Balaban J connectivity index is 2.07. The summed E-state index contributed by atoms with van der Waals surface area (Å²) in [6.45, 7) is 0.948. The second-order valence-corrected chi connectivity index (χ2v) is 3.20. The fourth-order valence-corrected chi connectivity index (χ4v) is 1.78. The van der Waals surface area contributed by atoms with E-state index in [1.807, 2.05) is 0 Å². The van der Waals surface area contributed by atoms with Crippen LogP contribution in [-0.4, -0.2) is 25.2 Å². The summed E-state index contributed by atoms with van der Waals surface area (Å²) in [6.07, 6.45) is 1.99. The summed E-state index contributed by atoms with van der Waals surface area (Å²) >= 11 is 0. The molecule has 11 heavy (non-hydrogen) atoms. The third-order valence-electron chi connectivity index (χ3n) is 2.58. The number of ether oxygens (including phenoxy) is 1. The molecule has 2 aliphatic rings.